The van der Waals surface area contributed by atoms with E-state index in [9.17, 15) is 5.11 Å². The molecule has 2 heterocycles. The second-order valence-corrected chi connectivity index (χ2v) is 5.46. The number of hydrogen-bond donors (Lipinski definition) is 3. The molecule has 1 aliphatic heterocycles. The zero-order valence-corrected chi connectivity index (χ0v) is 11.5. The molecular formula is C14H17ClN2O2. The van der Waals surface area contributed by atoms with Crippen LogP contribution in [0, 0.1) is 6.92 Å². The maximum absolute atomic E-state index is 9.76. The highest BCUT2D eigenvalue weighted by Crippen LogP contribution is 2.33. The number of aromatic nitrogens is 1. The van der Waals surface area contributed by atoms with Crippen LogP contribution in [0.4, 0.5) is 0 Å². The third kappa shape index (κ3) is 2.05. The number of rotatable bonds is 2. The van der Waals surface area contributed by atoms with Crippen molar-refractivity contribution in [3.05, 3.63) is 34.0 Å². The van der Waals surface area contributed by atoms with E-state index < -0.39 is 6.23 Å². The fourth-order valence-corrected chi connectivity index (χ4v) is 2.96. The van der Waals surface area contributed by atoms with Crippen LogP contribution in [0.5, 0.6) is 0 Å². The molecule has 0 radical (unpaired) electrons. The summed E-state index contributed by atoms with van der Waals surface area (Å²) in [5, 5.41) is 20.7. The minimum absolute atomic E-state index is 0.239. The molecule has 19 heavy (non-hydrogen) atoms. The van der Waals surface area contributed by atoms with Gasteiger partial charge in [-0.15, -0.1) is 0 Å². The summed E-state index contributed by atoms with van der Waals surface area (Å²) >= 11 is 6.34. The maximum atomic E-state index is 9.76. The van der Waals surface area contributed by atoms with E-state index in [0.717, 1.165) is 34.5 Å². The van der Waals surface area contributed by atoms with Crippen molar-refractivity contribution in [2.75, 3.05) is 13.2 Å². The van der Waals surface area contributed by atoms with E-state index in [0.29, 0.717) is 6.54 Å². The highest BCUT2D eigenvalue weighted by molar-refractivity contribution is 6.36. The predicted octanol–water partition coefficient (Wildman–Crippen LogP) is 1.80. The van der Waals surface area contributed by atoms with Crippen molar-refractivity contribution in [1.82, 2.24) is 9.88 Å². The first-order valence-corrected chi connectivity index (χ1v) is 6.81. The van der Waals surface area contributed by atoms with Crippen molar-refractivity contribution < 1.29 is 10.2 Å². The molecule has 1 aromatic carbocycles. The van der Waals surface area contributed by atoms with Crippen molar-refractivity contribution in [1.29, 1.82) is 0 Å². The van der Waals surface area contributed by atoms with Crippen molar-refractivity contribution in [2.45, 2.75) is 26.1 Å². The normalized spacial score (nSPS) is 17.7. The van der Waals surface area contributed by atoms with Gasteiger partial charge in [-0.25, -0.2) is 0 Å². The summed E-state index contributed by atoms with van der Waals surface area (Å²) in [6.07, 6.45) is 0.0372. The van der Waals surface area contributed by atoms with Crippen molar-refractivity contribution in [2.24, 2.45) is 0 Å². The molecule has 3 rings (SSSR count). The second-order valence-electron chi connectivity index (χ2n) is 5.08. The van der Waals surface area contributed by atoms with Gasteiger partial charge >= 0.3 is 0 Å². The fourth-order valence-electron chi connectivity index (χ4n) is 2.74. The third-order valence-electron chi connectivity index (χ3n) is 3.90. The molecular weight excluding hydrogens is 264 g/mol. The molecule has 0 saturated heterocycles. The average molecular weight is 281 g/mol. The highest BCUT2D eigenvalue weighted by atomic mass is 35.5. The van der Waals surface area contributed by atoms with E-state index in [4.69, 9.17) is 16.7 Å². The molecule has 1 aromatic heterocycles. The molecule has 0 bridgehead atoms. The highest BCUT2D eigenvalue weighted by Gasteiger charge is 2.25. The van der Waals surface area contributed by atoms with Crippen LogP contribution in [0.1, 0.15) is 16.8 Å². The van der Waals surface area contributed by atoms with E-state index in [1.165, 1.54) is 11.3 Å². The Morgan fingerprint density at radius 2 is 2.26 bits per heavy atom. The number of fused-ring (bicyclic) bond motifs is 3. The number of aromatic amines is 1. The van der Waals surface area contributed by atoms with Gasteiger partial charge in [-0.05, 0) is 18.1 Å². The van der Waals surface area contributed by atoms with Gasteiger partial charge in [-0.1, -0.05) is 23.7 Å². The first-order chi connectivity index (χ1) is 9.11. The Kier molecular flexibility index (Phi) is 3.27. The minimum Gasteiger partial charge on any atom is -0.392 e. The number of benzene rings is 1. The number of hydrogen-bond acceptors (Lipinski definition) is 3. The molecule has 0 amide bonds. The first kappa shape index (κ1) is 12.9. The summed E-state index contributed by atoms with van der Waals surface area (Å²) in [5.74, 6) is 0. The van der Waals surface area contributed by atoms with Crippen LogP contribution in [0.2, 0.25) is 5.02 Å². The molecule has 5 heteroatoms. The Morgan fingerprint density at radius 3 is 3.00 bits per heavy atom. The molecule has 4 nitrogen and oxygen atoms in total. The topological polar surface area (TPSA) is 59.5 Å². The number of nitrogens with one attached hydrogen (secondary N) is 1. The summed E-state index contributed by atoms with van der Waals surface area (Å²) in [4.78, 5) is 5.28. The van der Waals surface area contributed by atoms with Gasteiger partial charge in [0.05, 0.1) is 17.1 Å². The van der Waals surface area contributed by atoms with E-state index >= 15 is 0 Å². The van der Waals surface area contributed by atoms with Crippen LogP contribution in [-0.2, 0) is 13.0 Å². The molecule has 2 aromatic rings. The smallest absolute Gasteiger partial charge is 0.131 e. The van der Waals surface area contributed by atoms with Gasteiger partial charge in [0.1, 0.15) is 6.23 Å². The van der Waals surface area contributed by atoms with Gasteiger partial charge in [0.2, 0.25) is 0 Å². The van der Waals surface area contributed by atoms with Gasteiger partial charge in [-0.3, -0.25) is 4.90 Å². The Morgan fingerprint density at radius 1 is 1.47 bits per heavy atom. The third-order valence-corrected chi connectivity index (χ3v) is 4.38. The van der Waals surface area contributed by atoms with Crippen LogP contribution >= 0.6 is 11.6 Å². The Labute approximate surface area is 116 Å². The molecule has 1 unspecified atom stereocenters. The Bertz CT molecular complexity index is 623. The molecule has 3 N–H and O–H groups in total. The summed E-state index contributed by atoms with van der Waals surface area (Å²) in [7, 11) is 0. The lowest BCUT2D eigenvalue weighted by molar-refractivity contribution is -0.0419. The lowest BCUT2D eigenvalue weighted by atomic mass is 10.0. The lowest BCUT2D eigenvalue weighted by Gasteiger charge is -2.30. The molecule has 1 aliphatic rings. The largest absolute Gasteiger partial charge is 0.392 e. The number of aryl methyl sites for hydroxylation is 1. The van der Waals surface area contributed by atoms with Gasteiger partial charge in [-0.2, -0.15) is 0 Å². The lowest BCUT2D eigenvalue weighted by Crippen LogP contribution is -2.41. The van der Waals surface area contributed by atoms with Crippen molar-refractivity contribution in [3.8, 4) is 0 Å². The number of halogens is 1. The van der Waals surface area contributed by atoms with Crippen LogP contribution in [-0.4, -0.2) is 39.5 Å². The zero-order valence-electron chi connectivity index (χ0n) is 10.8. The van der Waals surface area contributed by atoms with Gasteiger partial charge in [0.15, 0.2) is 0 Å². The van der Waals surface area contributed by atoms with E-state index in [1.807, 2.05) is 17.9 Å². The maximum Gasteiger partial charge on any atom is 0.131 e. The summed E-state index contributed by atoms with van der Waals surface area (Å²) in [6.45, 7) is 3.12. The Balaban J connectivity index is 2.07. The standard InChI is InChI=1S/C14H17ClN2O2/c1-8-2-3-9-10-6-17(12(19)7-18)5-4-11(10)16-14(9)13(8)15/h2-3,12,16,18-19H,4-7H2,1H3. The zero-order chi connectivity index (χ0) is 13.6. The molecule has 102 valence electrons. The van der Waals surface area contributed by atoms with Gasteiger partial charge < -0.3 is 15.2 Å². The van der Waals surface area contributed by atoms with Crippen molar-refractivity contribution >= 4 is 22.5 Å². The quantitative estimate of drug-likeness (QED) is 0.786. The number of H-pyrrole nitrogens is 1. The second kappa shape index (κ2) is 4.80. The summed E-state index contributed by atoms with van der Waals surface area (Å²) in [6, 6.07) is 4.08. The molecule has 0 aliphatic carbocycles. The van der Waals surface area contributed by atoms with E-state index in [-0.39, 0.29) is 6.61 Å². The molecule has 0 saturated carbocycles. The number of aliphatic hydroxyl groups excluding tert-OH is 2. The molecule has 0 fully saturated rings. The van der Waals surface area contributed by atoms with E-state index in [2.05, 4.69) is 11.1 Å². The van der Waals surface area contributed by atoms with Crippen LogP contribution < -0.4 is 0 Å². The van der Waals surface area contributed by atoms with Crippen LogP contribution in [0.3, 0.4) is 0 Å². The van der Waals surface area contributed by atoms with Gasteiger partial charge in [0, 0.05) is 30.6 Å². The average Bonchev–Trinajstić information content (AvgIpc) is 2.80. The summed E-state index contributed by atoms with van der Waals surface area (Å²) < 4.78 is 0. The number of aliphatic hydroxyl groups is 2. The first-order valence-electron chi connectivity index (χ1n) is 6.43. The SMILES string of the molecule is Cc1ccc2c3c([nH]c2c1Cl)CCN(C(O)CO)C3. The minimum atomic E-state index is -0.793. The summed E-state index contributed by atoms with van der Waals surface area (Å²) in [5.41, 5.74) is 4.39. The van der Waals surface area contributed by atoms with Crippen molar-refractivity contribution in [3.63, 3.8) is 0 Å². The van der Waals surface area contributed by atoms with Gasteiger partial charge in [0.25, 0.3) is 0 Å². The molecule has 0 spiro atoms. The van der Waals surface area contributed by atoms with E-state index in [1.54, 1.807) is 0 Å². The Hall–Kier alpha value is -1.07. The van der Waals surface area contributed by atoms with Crippen LogP contribution in [0.15, 0.2) is 12.1 Å². The fraction of sp³-hybridized carbons (Fsp3) is 0.429. The predicted molar refractivity (Wildman–Crippen MR) is 75.3 cm³/mol. The molecule has 1 atom stereocenters. The number of nitrogens with zero attached hydrogens (tertiary/aromatic N) is 1. The van der Waals surface area contributed by atoms with Crippen LogP contribution in [0.25, 0.3) is 10.9 Å². The monoisotopic (exact) mass is 280 g/mol.